The first-order valence-corrected chi connectivity index (χ1v) is 10.9. The molecule has 0 saturated carbocycles. The normalized spacial score (nSPS) is 12.1. The largest absolute Gasteiger partial charge is 0.384 e. The SMILES string of the molecule is C[C@H](Nc1cccc(C(=N)N)c1)C(=O)Nc1ccc(-c2ccccc2S(N)(=O)=O)cc1. The lowest BCUT2D eigenvalue weighted by molar-refractivity contribution is -0.116. The molecule has 0 spiro atoms. The number of nitrogens with one attached hydrogen (secondary N) is 3. The van der Waals surface area contributed by atoms with Crippen molar-refractivity contribution in [3.63, 3.8) is 0 Å². The fourth-order valence-corrected chi connectivity index (χ4v) is 3.79. The van der Waals surface area contributed by atoms with Gasteiger partial charge < -0.3 is 16.4 Å². The van der Waals surface area contributed by atoms with Crippen LogP contribution in [0.2, 0.25) is 0 Å². The average molecular weight is 438 g/mol. The molecular weight excluding hydrogens is 414 g/mol. The van der Waals surface area contributed by atoms with Crippen molar-refractivity contribution in [3.05, 3.63) is 78.4 Å². The molecule has 3 rings (SSSR count). The van der Waals surface area contributed by atoms with E-state index in [1.807, 2.05) is 0 Å². The molecule has 1 atom stereocenters. The lowest BCUT2D eigenvalue weighted by Gasteiger charge is -2.16. The van der Waals surface area contributed by atoms with Crippen molar-refractivity contribution in [2.75, 3.05) is 10.6 Å². The molecular formula is C22H23N5O3S. The van der Waals surface area contributed by atoms with Crippen LogP contribution in [0, 0.1) is 5.41 Å². The molecule has 0 saturated heterocycles. The zero-order chi connectivity index (χ0) is 22.6. The van der Waals surface area contributed by atoms with Crippen molar-refractivity contribution in [3.8, 4) is 11.1 Å². The Kier molecular flexibility index (Phi) is 6.38. The first-order valence-electron chi connectivity index (χ1n) is 9.39. The number of benzene rings is 3. The predicted molar refractivity (Wildman–Crippen MR) is 122 cm³/mol. The molecule has 0 aromatic heterocycles. The third-order valence-corrected chi connectivity index (χ3v) is 5.58. The van der Waals surface area contributed by atoms with Crippen LogP contribution < -0.4 is 21.5 Å². The fraction of sp³-hybridized carbons (Fsp3) is 0.0909. The second-order valence-corrected chi connectivity index (χ2v) is 8.50. The Balaban J connectivity index is 1.71. The molecule has 0 bridgehead atoms. The van der Waals surface area contributed by atoms with E-state index in [0.29, 0.717) is 28.1 Å². The van der Waals surface area contributed by atoms with E-state index in [9.17, 15) is 13.2 Å². The van der Waals surface area contributed by atoms with Crippen molar-refractivity contribution in [1.29, 1.82) is 5.41 Å². The van der Waals surface area contributed by atoms with E-state index in [4.69, 9.17) is 16.3 Å². The van der Waals surface area contributed by atoms with Gasteiger partial charge in [-0.3, -0.25) is 10.2 Å². The summed E-state index contributed by atoms with van der Waals surface area (Å²) in [7, 11) is -3.86. The van der Waals surface area contributed by atoms with Crippen LogP contribution >= 0.6 is 0 Å². The molecule has 3 aromatic carbocycles. The molecule has 0 aliphatic carbocycles. The number of sulfonamides is 1. The minimum absolute atomic E-state index is 0.0393. The Bertz CT molecular complexity index is 1220. The first-order chi connectivity index (χ1) is 14.6. The predicted octanol–water partition coefficient (Wildman–Crippen LogP) is 2.72. The molecule has 9 heteroatoms. The Labute approximate surface area is 180 Å². The van der Waals surface area contributed by atoms with Gasteiger partial charge in [0.15, 0.2) is 0 Å². The van der Waals surface area contributed by atoms with Crippen LogP contribution in [0.4, 0.5) is 11.4 Å². The number of hydrogen-bond acceptors (Lipinski definition) is 5. The number of amides is 1. The average Bonchev–Trinajstić information content (AvgIpc) is 2.74. The first kappa shape index (κ1) is 22.0. The van der Waals surface area contributed by atoms with E-state index in [-0.39, 0.29) is 16.6 Å². The number of amidine groups is 1. The summed E-state index contributed by atoms with van der Waals surface area (Å²) in [5.41, 5.74) is 8.45. The van der Waals surface area contributed by atoms with Gasteiger partial charge in [-0.25, -0.2) is 13.6 Å². The highest BCUT2D eigenvalue weighted by Crippen LogP contribution is 2.27. The standard InChI is InChI=1S/C22H23N5O3S/c1-14(26-18-6-4-5-16(13-18)21(23)24)22(28)27-17-11-9-15(10-12-17)19-7-2-3-8-20(19)31(25,29)30/h2-14,26H,1H3,(H3,23,24)(H,27,28)(H2,25,29,30)/t14-/m0/s1. The van der Waals surface area contributed by atoms with Crippen molar-refractivity contribution in [2.45, 2.75) is 17.9 Å². The Morgan fingerprint density at radius 1 is 0.968 bits per heavy atom. The number of carbonyl (C=O) groups is 1. The second-order valence-electron chi connectivity index (χ2n) is 6.97. The van der Waals surface area contributed by atoms with Gasteiger partial charge in [-0.1, -0.05) is 42.5 Å². The molecule has 0 fully saturated rings. The van der Waals surface area contributed by atoms with Crippen molar-refractivity contribution < 1.29 is 13.2 Å². The van der Waals surface area contributed by atoms with Crippen molar-refractivity contribution in [1.82, 2.24) is 0 Å². The highest BCUT2D eigenvalue weighted by atomic mass is 32.2. The summed E-state index contributed by atoms with van der Waals surface area (Å²) in [6.45, 7) is 1.71. The van der Waals surface area contributed by atoms with Crippen LogP contribution in [0.15, 0.2) is 77.7 Å². The Morgan fingerprint density at radius 2 is 1.65 bits per heavy atom. The smallest absolute Gasteiger partial charge is 0.246 e. The summed E-state index contributed by atoms with van der Waals surface area (Å²) in [6.07, 6.45) is 0. The maximum Gasteiger partial charge on any atom is 0.246 e. The molecule has 3 aromatic rings. The van der Waals surface area contributed by atoms with E-state index in [0.717, 1.165) is 0 Å². The second kappa shape index (κ2) is 8.99. The Hall–Kier alpha value is -3.69. The van der Waals surface area contributed by atoms with Gasteiger partial charge in [0, 0.05) is 22.5 Å². The molecule has 31 heavy (non-hydrogen) atoms. The molecule has 7 N–H and O–H groups in total. The van der Waals surface area contributed by atoms with Gasteiger partial charge in [-0.15, -0.1) is 0 Å². The van der Waals surface area contributed by atoms with Crippen LogP contribution in [0.5, 0.6) is 0 Å². The van der Waals surface area contributed by atoms with Gasteiger partial charge in [0.05, 0.1) is 4.90 Å². The zero-order valence-corrected chi connectivity index (χ0v) is 17.6. The van der Waals surface area contributed by atoms with Gasteiger partial charge in [-0.05, 0) is 42.8 Å². The minimum Gasteiger partial charge on any atom is -0.384 e. The number of nitrogens with two attached hydrogens (primary N) is 2. The summed E-state index contributed by atoms with van der Waals surface area (Å²) in [5.74, 6) is -0.309. The topological polar surface area (TPSA) is 151 Å². The molecule has 160 valence electrons. The van der Waals surface area contributed by atoms with E-state index in [2.05, 4.69) is 10.6 Å². The van der Waals surface area contributed by atoms with Gasteiger partial charge in [-0.2, -0.15) is 0 Å². The molecule has 0 aliphatic rings. The molecule has 0 aliphatic heterocycles. The third kappa shape index (κ3) is 5.47. The lowest BCUT2D eigenvalue weighted by atomic mass is 10.1. The van der Waals surface area contributed by atoms with Gasteiger partial charge >= 0.3 is 0 Å². The summed E-state index contributed by atoms with van der Waals surface area (Å²) in [6, 6.07) is 19.7. The summed E-state index contributed by atoms with van der Waals surface area (Å²) in [5, 5.41) is 18.7. The quantitative estimate of drug-likeness (QED) is 0.284. The van der Waals surface area contributed by atoms with Gasteiger partial charge in [0.25, 0.3) is 0 Å². The maximum atomic E-state index is 12.5. The number of nitrogen functional groups attached to an aromatic ring is 1. The molecule has 1 amide bonds. The van der Waals surface area contributed by atoms with Crippen molar-refractivity contribution >= 4 is 33.1 Å². The molecule has 8 nitrogen and oxygen atoms in total. The summed E-state index contributed by atoms with van der Waals surface area (Å²) < 4.78 is 23.6. The summed E-state index contributed by atoms with van der Waals surface area (Å²) in [4.78, 5) is 12.6. The number of anilines is 2. The van der Waals surface area contributed by atoms with E-state index in [1.54, 1.807) is 73.7 Å². The lowest BCUT2D eigenvalue weighted by Crippen LogP contribution is -2.31. The van der Waals surface area contributed by atoms with Crippen LogP contribution in [0.1, 0.15) is 12.5 Å². The number of rotatable bonds is 7. The number of hydrogen-bond donors (Lipinski definition) is 5. The molecule has 0 unspecified atom stereocenters. The molecule has 0 heterocycles. The minimum atomic E-state index is -3.86. The highest BCUT2D eigenvalue weighted by Gasteiger charge is 2.16. The monoisotopic (exact) mass is 437 g/mol. The van der Waals surface area contributed by atoms with Crippen LogP contribution in [-0.4, -0.2) is 26.2 Å². The fourth-order valence-electron chi connectivity index (χ4n) is 3.03. The van der Waals surface area contributed by atoms with Crippen molar-refractivity contribution in [2.24, 2.45) is 10.9 Å². The van der Waals surface area contributed by atoms with E-state index in [1.165, 1.54) is 6.07 Å². The van der Waals surface area contributed by atoms with Gasteiger partial charge in [0.1, 0.15) is 11.9 Å². The van der Waals surface area contributed by atoms with E-state index >= 15 is 0 Å². The number of carbonyl (C=O) groups excluding carboxylic acids is 1. The Morgan fingerprint density at radius 3 is 2.29 bits per heavy atom. The zero-order valence-electron chi connectivity index (χ0n) is 16.8. The summed E-state index contributed by atoms with van der Waals surface area (Å²) >= 11 is 0. The van der Waals surface area contributed by atoms with Gasteiger partial charge in [0.2, 0.25) is 15.9 Å². The van der Waals surface area contributed by atoms with E-state index < -0.39 is 16.1 Å². The van der Waals surface area contributed by atoms with Crippen LogP contribution in [-0.2, 0) is 14.8 Å². The number of primary sulfonamides is 1. The highest BCUT2D eigenvalue weighted by molar-refractivity contribution is 7.89. The molecule has 0 radical (unpaired) electrons. The van der Waals surface area contributed by atoms with Crippen LogP contribution in [0.3, 0.4) is 0 Å². The third-order valence-electron chi connectivity index (χ3n) is 4.61. The maximum absolute atomic E-state index is 12.5. The van der Waals surface area contributed by atoms with Crippen LogP contribution in [0.25, 0.3) is 11.1 Å².